The molecule has 10 rings (SSSR count). The van der Waals surface area contributed by atoms with Crippen LogP contribution in [0.3, 0.4) is 0 Å². The van der Waals surface area contributed by atoms with Crippen molar-refractivity contribution in [1.82, 2.24) is 9.97 Å². The van der Waals surface area contributed by atoms with Gasteiger partial charge in [-0.2, -0.15) is 0 Å². The monoisotopic (exact) mass is 702 g/mol. The number of nitrogens with zero attached hydrogens (tertiary/aromatic N) is 2. The number of para-hydroxylation sites is 1. The van der Waals surface area contributed by atoms with E-state index in [0.29, 0.717) is 5.82 Å². The summed E-state index contributed by atoms with van der Waals surface area (Å²) in [5.41, 5.74) is 15.5. The summed E-state index contributed by atoms with van der Waals surface area (Å²) in [5.74, 6) is 0.677. The molecule has 55 heavy (non-hydrogen) atoms. The van der Waals surface area contributed by atoms with Gasteiger partial charge in [0.15, 0.2) is 5.82 Å². The molecule has 2 heterocycles. The van der Waals surface area contributed by atoms with Gasteiger partial charge in [0.25, 0.3) is 0 Å². The third-order valence-corrected chi connectivity index (χ3v) is 10.3. The molecule has 0 aliphatic rings. The third kappa shape index (κ3) is 6.18. The van der Waals surface area contributed by atoms with Gasteiger partial charge in [0, 0.05) is 27.5 Å². The quantitative estimate of drug-likeness (QED) is 0.166. The topological polar surface area (TPSA) is 38.9 Å². The average Bonchev–Trinajstić information content (AvgIpc) is 3.65. The molecule has 0 saturated carbocycles. The number of fused-ring (bicyclic) bond motifs is 3. The summed E-state index contributed by atoms with van der Waals surface area (Å²) >= 11 is 0. The Balaban J connectivity index is 1.22. The Labute approximate surface area is 319 Å². The Bertz CT molecular complexity index is 2970. The molecule has 0 saturated heterocycles. The van der Waals surface area contributed by atoms with E-state index in [1.807, 2.05) is 30.3 Å². The van der Waals surface area contributed by atoms with Gasteiger partial charge in [-0.1, -0.05) is 164 Å². The molecule has 3 nitrogen and oxygen atoms in total. The van der Waals surface area contributed by atoms with Gasteiger partial charge in [-0.25, -0.2) is 9.97 Å². The summed E-state index contributed by atoms with van der Waals surface area (Å²) in [4.78, 5) is 10.5. The Kier molecular flexibility index (Phi) is 8.16. The zero-order chi connectivity index (χ0) is 36.6. The van der Waals surface area contributed by atoms with Crippen LogP contribution in [0.25, 0.3) is 100 Å². The van der Waals surface area contributed by atoms with Gasteiger partial charge in [-0.05, 0) is 87.0 Å². The van der Waals surface area contributed by atoms with E-state index in [0.717, 1.165) is 83.4 Å². The van der Waals surface area contributed by atoms with Gasteiger partial charge in [-0.3, -0.25) is 0 Å². The van der Waals surface area contributed by atoms with Crippen LogP contribution in [0.15, 0.2) is 211 Å². The number of furan rings is 1. The van der Waals surface area contributed by atoms with E-state index in [9.17, 15) is 0 Å². The van der Waals surface area contributed by atoms with E-state index in [-0.39, 0.29) is 0 Å². The molecule has 10 aromatic rings. The van der Waals surface area contributed by atoms with Crippen LogP contribution in [-0.4, -0.2) is 9.97 Å². The van der Waals surface area contributed by atoms with E-state index >= 15 is 0 Å². The predicted octanol–water partition coefficient (Wildman–Crippen LogP) is 14.0. The molecule has 0 spiro atoms. The molecule has 0 unspecified atom stereocenters. The number of rotatable bonds is 7. The Hall–Kier alpha value is -7.36. The normalized spacial score (nSPS) is 11.3. The minimum atomic E-state index is 0.677. The lowest BCUT2D eigenvalue weighted by Gasteiger charge is -2.16. The van der Waals surface area contributed by atoms with E-state index in [4.69, 9.17) is 14.4 Å². The molecule has 0 aliphatic heterocycles. The van der Waals surface area contributed by atoms with Crippen molar-refractivity contribution in [1.29, 1.82) is 0 Å². The van der Waals surface area contributed by atoms with Crippen LogP contribution >= 0.6 is 0 Å². The van der Waals surface area contributed by atoms with E-state index in [1.54, 1.807) is 0 Å². The summed E-state index contributed by atoms with van der Waals surface area (Å²) in [6.45, 7) is 0. The zero-order valence-corrected chi connectivity index (χ0v) is 29.9. The summed E-state index contributed by atoms with van der Waals surface area (Å²) in [6.07, 6.45) is 0. The lowest BCUT2D eigenvalue weighted by molar-refractivity contribution is 0.669. The van der Waals surface area contributed by atoms with Crippen LogP contribution < -0.4 is 0 Å². The van der Waals surface area contributed by atoms with Crippen LogP contribution in [0, 0.1) is 0 Å². The minimum absolute atomic E-state index is 0.677. The highest BCUT2D eigenvalue weighted by atomic mass is 16.3. The molecular weight excluding hydrogens is 669 g/mol. The van der Waals surface area contributed by atoms with Crippen molar-refractivity contribution in [2.24, 2.45) is 0 Å². The highest BCUT2D eigenvalue weighted by Crippen LogP contribution is 2.40. The SMILES string of the molecule is c1ccc(-c2nc(-c3cc(-c4ccc5c(c4)oc4ccccc45)cc(-c4ccccc4-c4ccccc4)c3)cc(-c3ccccc3-c3ccccc3)n2)cc1. The first-order chi connectivity index (χ1) is 27.2. The second kappa shape index (κ2) is 13.9. The largest absolute Gasteiger partial charge is 0.456 e. The summed E-state index contributed by atoms with van der Waals surface area (Å²) < 4.78 is 6.38. The van der Waals surface area contributed by atoms with Crippen LogP contribution in [0.5, 0.6) is 0 Å². The van der Waals surface area contributed by atoms with Crippen molar-refractivity contribution in [2.45, 2.75) is 0 Å². The first-order valence-electron chi connectivity index (χ1n) is 18.6. The smallest absolute Gasteiger partial charge is 0.160 e. The fraction of sp³-hybridized carbons (Fsp3) is 0. The number of hydrogen-bond acceptors (Lipinski definition) is 3. The van der Waals surface area contributed by atoms with Crippen molar-refractivity contribution < 1.29 is 4.42 Å². The zero-order valence-electron chi connectivity index (χ0n) is 29.9. The maximum Gasteiger partial charge on any atom is 0.160 e. The number of benzene rings is 8. The fourth-order valence-electron chi connectivity index (χ4n) is 7.63. The standard InChI is InChI=1S/C52H34N2O/c1-4-16-35(17-5-1)42-22-10-11-24-44(42)40-30-39(38-28-29-47-46-26-14-15-27-50(46)55-51(47)33-38)31-41(32-40)48-34-49(54-52(53-48)37-20-8-3-9-21-37)45-25-13-12-23-43(45)36-18-6-2-7-19-36/h1-34H. The summed E-state index contributed by atoms with van der Waals surface area (Å²) in [7, 11) is 0. The molecule has 3 heteroatoms. The maximum atomic E-state index is 6.38. The van der Waals surface area contributed by atoms with Gasteiger partial charge in [0.1, 0.15) is 11.2 Å². The average molecular weight is 703 g/mol. The first kappa shape index (κ1) is 32.3. The highest BCUT2D eigenvalue weighted by molar-refractivity contribution is 6.06. The molecule has 0 atom stereocenters. The Morgan fingerprint density at radius 2 is 0.764 bits per heavy atom. The lowest BCUT2D eigenvalue weighted by atomic mass is 9.90. The van der Waals surface area contributed by atoms with E-state index < -0.39 is 0 Å². The Morgan fingerprint density at radius 3 is 1.45 bits per heavy atom. The van der Waals surface area contributed by atoms with Crippen molar-refractivity contribution in [3.63, 3.8) is 0 Å². The van der Waals surface area contributed by atoms with Gasteiger partial charge in [-0.15, -0.1) is 0 Å². The second-order valence-electron chi connectivity index (χ2n) is 13.8. The molecule has 0 radical (unpaired) electrons. The molecule has 0 bridgehead atoms. The summed E-state index contributed by atoms with van der Waals surface area (Å²) in [6, 6.07) is 72.2. The van der Waals surface area contributed by atoms with Crippen LogP contribution in [0.4, 0.5) is 0 Å². The minimum Gasteiger partial charge on any atom is -0.456 e. The van der Waals surface area contributed by atoms with Crippen LogP contribution in [-0.2, 0) is 0 Å². The maximum absolute atomic E-state index is 6.38. The third-order valence-electron chi connectivity index (χ3n) is 10.3. The van der Waals surface area contributed by atoms with Gasteiger partial charge >= 0.3 is 0 Å². The van der Waals surface area contributed by atoms with Crippen LogP contribution in [0.2, 0.25) is 0 Å². The molecule has 0 aliphatic carbocycles. The van der Waals surface area contributed by atoms with Gasteiger partial charge in [0.2, 0.25) is 0 Å². The highest BCUT2D eigenvalue weighted by Gasteiger charge is 2.17. The molecule has 258 valence electrons. The molecule has 0 amide bonds. The second-order valence-corrected chi connectivity index (χ2v) is 13.8. The van der Waals surface area contributed by atoms with Gasteiger partial charge in [0.05, 0.1) is 11.4 Å². The van der Waals surface area contributed by atoms with E-state index in [1.165, 1.54) is 11.1 Å². The molecular formula is C52H34N2O. The van der Waals surface area contributed by atoms with Crippen molar-refractivity contribution in [3.05, 3.63) is 206 Å². The van der Waals surface area contributed by atoms with Gasteiger partial charge < -0.3 is 4.42 Å². The first-order valence-corrected chi connectivity index (χ1v) is 18.6. The molecule has 2 aromatic heterocycles. The number of hydrogen-bond donors (Lipinski definition) is 0. The Morgan fingerprint density at radius 1 is 0.273 bits per heavy atom. The lowest BCUT2D eigenvalue weighted by Crippen LogP contribution is -1.97. The van der Waals surface area contributed by atoms with Crippen molar-refractivity contribution in [3.8, 4) is 78.4 Å². The van der Waals surface area contributed by atoms with E-state index in [2.05, 4.69) is 176 Å². The fourth-order valence-corrected chi connectivity index (χ4v) is 7.63. The number of aromatic nitrogens is 2. The predicted molar refractivity (Wildman–Crippen MR) is 227 cm³/mol. The van der Waals surface area contributed by atoms with Crippen molar-refractivity contribution in [2.75, 3.05) is 0 Å². The molecule has 0 N–H and O–H groups in total. The molecule has 8 aromatic carbocycles. The summed E-state index contributed by atoms with van der Waals surface area (Å²) in [5, 5.41) is 2.23. The molecule has 0 fully saturated rings. The van der Waals surface area contributed by atoms with Crippen LogP contribution in [0.1, 0.15) is 0 Å². The van der Waals surface area contributed by atoms with Crippen molar-refractivity contribution >= 4 is 21.9 Å².